The van der Waals surface area contributed by atoms with Crippen molar-refractivity contribution >= 4 is 11.6 Å². The number of ketones is 2. The molecule has 0 spiro atoms. The Morgan fingerprint density at radius 1 is 1.09 bits per heavy atom. The van der Waals surface area contributed by atoms with Crippen molar-refractivity contribution in [3.8, 4) is 0 Å². The maximum atomic E-state index is 12.3. The van der Waals surface area contributed by atoms with Crippen LogP contribution < -0.4 is 0 Å². The summed E-state index contributed by atoms with van der Waals surface area (Å²) in [6.07, 6.45) is 8.08. The molecular weight excluding hydrogens is 280 g/mol. The molecule has 0 aromatic heterocycles. The molecule has 4 aliphatic rings. The van der Waals surface area contributed by atoms with Crippen LogP contribution in [0, 0.1) is 23.2 Å². The van der Waals surface area contributed by atoms with Gasteiger partial charge in [-0.3, -0.25) is 14.8 Å². The van der Waals surface area contributed by atoms with Crippen LogP contribution >= 0.6 is 0 Å². The van der Waals surface area contributed by atoms with Crippen LogP contribution in [0.2, 0.25) is 0 Å². The molecule has 0 heterocycles. The Bertz CT molecular complexity index is 565. The predicted octanol–water partition coefficient (Wildman–Crippen LogP) is 3.31. The molecule has 5 atom stereocenters. The molecule has 1 unspecified atom stereocenters. The van der Waals surface area contributed by atoms with Crippen LogP contribution in [0.15, 0.2) is 11.6 Å². The van der Waals surface area contributed by atoms with Gasteiger partial charge in [0.1, 0.15) is 11.4 Å². The summed E-state index contributed by atoms with van der Waals surface area (Å²) in [5, 5.41) is 9.74. The second kappa shape index (κ2) is 4.75. The van der Waals surface area contributed by atoms with Crippen molar-refractivity contribution in [1.82, 2.24) is 0 Å². The minimum absolute atomic E-state index is 0.151. The normalized spacial score (nSPS) is 47.5. The number of hydrogen-bond acceptors (Lipinski definition) is 4. The van der Waals surface area contributed by atoms with E-state index in [1.54, 1.807) is 6.08 Å². The third-order valence-corrected chi connectivity index (χ3v) is 7.28. The van der Waals surface area contributed by atoms with Crippen LogP contribution in [0.4, 0.5) is 0 Å². The summed E-state index contributed by atoms with van der Waals surface area (Å²) < 4.78 is 0. The molecule has 4 nitrogen and oxygen atoms in total. The van der Waals surface area contributed by atoms with Gasteiger partial charge in [0.25, 0.3) is 0 Å². The molecule has 0 aromatic rings. The van der Waals surface area contributed by atoms with Crippen molar-refractivity contribution in [2.75, 3.05) is 0 Å². The number of carbonyl (C=O) groups is 2. The zero-order valence-corrected chi connectivity index (χ0v) is 13.1. The Balaban J connectivity index is 1.73. The fourth-order valence-corrected chi connectivity index (χ4v) is 6.10. The first-order valence-corrected chi connectivity index (χ1v) is 8.61. The van der Waals surface area contributed by atoms with Crippen molar-refractivity contribution in [2.45, 2.75) is 63.9 Å². The van der Waals surface area contributed by atoms with Gasteiger partial charge in [-0.05, 0) is 67.9 Å². The van der Waals surface area contributed by atoms with Crippen molar-refractivity contribution in [2.24, 2.45) is 23.2 Å². The summed E-state index contributed by atoms with van der Waals surface area (Å²) in [6.45, 7) is 2.14. The fourth-order valence-electron chi connectivity index (χ4n) is 6.10. The van der Waals surface area contributed by atoms with Crippen LogP contribution in [-0.4, -0.2) is 22.4 Å². The van der Waals surface area contributed by atoms with Gasteiger partial charge < -0.3 is 0 Å². The van der Waals surface area contributed by atoms with Gasteiger partial charge in [-0.25, -0.2) is 4.89 Å². The molecule has 120 valence electrons. The molecular formula is C18H24O4. The predicted molar refractivity (Wildman–Crippen MR) is 80.1 cm³/mol. The Morgan fingerprint density at radius 3 is 2.68 bits per heavy atom. The summed E-state index contributed by atoms with van der Waals surface area (Å²) >= 11 is 0. The van der Waals surface area contributed by atoms with E-state index in [2.05, 4.69) is 6.92 Å². The lowest BCUT2D eigenvalue weighted by atomic mass is 9.51. The second-order valence-electron chi connectivity index (χ2n) is 7.95. The third-order valence-electron chi connectivity index (χ3n) is 7.28. The summed E-state index contributed by atoms with van der Waals surface area (Å²) in [7, 11) is 0. The van der Waals surface area contributed by atoms with Gasteiger partial charge in [-0.15, -0.1) is 0 Å². The van der Waals surface area contributed by atoms with E-state index in [4.69, 9.17) is 4.89 Å². The van der Waals surface area contributed by atoms with Gasteiger partial charge in [0.05, 0.1) is 0 Å². The van der Waals surface area contributed by atoms with Crippen LogP contribution in [0.1, 0.15) is 58.3 Å². The first-order valence-electron chi connectivity index (χ1n) is 8.61. The number of rotatable bonds is 1. The summed E-state index contributed by atoms with van der Waals surface area (Å²) in [4.78, 5) is 29.2. The highest BCUT2D eigenvalue weighted by molar-refractivity contribution is 5.92. The van der Waals surface area contributed by atoms with Gasteiger partial charge in [0.2, 0.25) is 0 Å². The lowest BCUT2D eigenvalue weighted by molar-refractivity contribution is -0.340. The molecule has 0 amide bonds. The molecule has 0 aliphatic heterocycles. The maximum absolute atomic E-state index is 12.3. The number of fused-ring (bicyclic) bond motifs is 5. The highest BCUT2D eigenvalue weighted by Gasteiger charge is 2.61. The molecule has 0 saturated heterocycles. The Hall–Kier alpha value is -1.00. The fraction of sp³-hybridized carbons (Fsp3) is 0.778. The minimum atomic E-state index is -0.663. The number of hydrogen-bond donors (Lipinski definition) is 1. The van der Waals surface area contributed by atoms with Gasteiger partial charge >= 0.3 is 0 Å². The average molecular weight is 304 g/mol. The van der Waals surface area contributed by atoms with Crippen molar-refractivity contribution in [1.29, 1.82) is 0 Å². The van der Waals surface area contributed by atoms with E-state index in [9.17, 15) is 14.8 Å². The zero-order chi connectivity index (χ0) is 15.5. The Morgan fingerprint density at radius 2 is 1.91 bits per heavy atom. The maximum Gasteiger partial charge on any atom is 0.155 e. The molecule has 4 heteroatoms. The molecule has 22 heavy (non-hydrogen) atoms. The van der Waals surface area contributed by atoms with E-state index in [-0.39, 0.29) is 17.1 Å². The molecule has 4 aliphatic carbocycles. The first-order chi connectivity index (χ1) is 10.5. The first kappa shape index (κ1) is 14.6. The van der Waals surface area contributed by atoms with E-state index >= 15 is 0 Å². The van der Waals surface area contributed by atoms with E-state index in [1.165, 1.54) is 0 Å². The highest BCUT2D eigenvalue weighted by atomic mass is 17.1. The van der Waals surface area contributed by atoms with Crippen LogP contribution in [0.25, 0.3) is 0 Å². The van der Waals surface area contributed by atoms with Gasteiger partial charge in [-0.1, -0.05) is 6.92 Å². The lowest BCUT2D eigenvalue weighted by Crippen LogP contribution is -2.56. The standard InChI is InChI=1S/C18H24O4/c1-17-8-7-15-13(14(17)4-5-16(17)20)3-2-11-10-12(19)6-9-18(11,15)22-21/h10,13-15,21H,2-9H2,1H3/t13-,14-,15-,17-,18?/m0/s1. The van der Waals surface area contributed by atoms with E-state index in [0.717, 1.165) is 37.7 Å². The van der Waals surface area contributed by atoms with Crippen molar-refractivity contribution < 1.29 is 19.7 Å². The van der Waals surface area contributed by atoms with Gasteiger partial charge in [0, 0.05) is 18.3 Å². The number of carbonyl (C=O) groups excluding carboxylic acids is 2. The minimum Gasteiger partial charge on any atom is -0.299 e. The summed E-state index contributed by atoms with van der Waals surface area (Å²) in [6, 6.07) is 0. The molecule has 0 bridgehead atoms. The highest BCUT2D eigenvalue weighted by Crippen LogP contribution is 2.62. The monoisotopic (exact) mass is 304 g/mol. The van der Waals surface area contributed by atoms with E-state index < -0.39 is 5.60 Å². The van der Waals surface area contributed by atoms with Crippen LogP contribution in [0.5, 0.6) is 0 Å². The Kier molecular flexibility index (Phi) is 3.15. The van der Waals surface area contributed by atoms with E-state index in [1.807, 2.05) is 0 Å². The lowest BCUT2D eigenvalue weighted by Gasteiger charge is -2.55. The topological polar surface area (TPSA) is 63.6 Å². The van der Waals surface area contributed by atoms with Crippen LogP contribution in [0.3, 0.4) is 0 Å². The van der Waals surface area contributed by atoms with Gasteiger partial charge in [-0.2, -0.15) is 0 Å². The quantitative estimate of drug-likeness (QED) is 0.596. The van der Waals surface area contributed by atoms with E-state index in [0.29, 0.717) is 36.9 Å². The smallest absolute Gasteiger partial charge is 0.155 e. The number of Topliss-reactive ketones (excluding diaryl/α,β-unsaturated/α-hetero) is 1. The zero-order valence-electron chi connectivity index (χ0n) is 13.1. The largest absolute Gasteiger partial charge is 0.299 e. The molecule has 4 rings (SSSR count). The molecule has 3 saturated carbocycles. The third kappa shape index (κ3) is 1.71. The van der Waals surface area contributed by atoms with Crippen LogP contribution in [-0.2, 0) is 14.5 Å². The molecule has 0 radical (unpaired) electrons. The summed E-state index contributed by atoms with van der Waals surface area (Å²) in [5.74, 6) is 1.68. The van der Waals surface area contributed by atoms with Gasteiger partial charge in [0.15, 0.2) is 5.78 Å². The molecule has 0 aromatic carbocycles. The van der Waals surface area contributed by atoms with Crippen molar-refractivity contribution in [3.63, 3.8) is 0 Å². The summed E-state index contributed by atoms with van der Waals surface area (Å²) in [5.41, 5.74) is 0.160. The average Bonchev–Trinajstić information content (AvgIpc) is 2.82. The second-order valence-corrected chi connectivity index (χ2v) is 7.95. The molecule has 3 fully saturated rings. The van der Waals surface area contributed by atoms with Crippen molar-refractivity contribution in [3.05, 3.63) is 11.6 Å². The molecule has 1 N–H and O–H groups in total. The Labute approximate surface area is 130 Å². The SMILES string of the molecule is C[C@]12CC[C@H]3[C@@H](CCC4=CC(=O)CCC43OO)[C@@H]1CCC2=O.